The van der Waals surface area contributed by atoms with Gasteiger partial charge in [-0.3, -0.25) is 4.79 Å². The molecule has 0 aliphatic rings. The monoisotopic (exact) mass is 245 g/mol. The molecule has 0 radical (unpaired) electrons. The van der Waals surface area contributed by atoms with E-state index in [1.54, 1.807) is 0 Å². The van der Waals surface area contributed by atoms with Gasteiger partial charge in [-0.15, -0.1) is 6.58 Å². The number of carbonyl (C=O) groups excluding carboxylic acids is 1. The third kappa shape index (κ3) is 5.28. The minimum atomic E-state index is 0.243. The highest BCUT2D eigenvalue weighted by Crippen LogP contribution is 2.11. The first kappa shape index (κ1) is 14.7. The Morgan fingerprint density at radius 1 is 1.17 bits per heavy atom. The molecule has 0 heterocycles. The van der Waals surface area contributed by atoms with E-state index >= 15 is 0 Å². The Labute approximate surface area is 110 Å². The average Bonchev–Trinajstić information content (AvgIpc) is 2.39. The molecule has 1 rings (SSSR count). The molecule has 0 saturated heterocycles. The van der Waals surface area contributed by atoms with E-state index in [9.17, 15) is 4.79 Å². The van der Waals surface area contributed by atoms with Crippen molar-refractivity contribution in [2.75, 3.05) is 6.54 Å². The van der Waals surface area contributed by atoms with Crippen molar-refractivity contribution in [1.82, 2.24) is 0 Å². The lowest BCUT2D eigenvalue weighted by Gasteiger charge is -2.03. The van der Waals surface area contributed by atoms with E-state index in [2.05, 4.69) is 6.58 Å². The van der Waals surface area contributed by atoms with Gasteiger partial charge in [0.25, 0.3) is 0 Å². The Bertz CT molecular complexity index is 367. The Morgan fingerprint density at radius 2 is 1.89 bits per heavy atom. The van der Waals surface area contributed by atoms with Crippen molar-refractivity contribution in [3.8, 4) is 0 Å². The summed E-state index contributed by atoms with van der Waals surface area (Å²) >= 11 is 0. The fourth-order valence-corrected chi connectivity index (χ4v) is 1.92. The van der Waals surface area contributed by atoms with Gasteiger partial charge in [-0.1, -0.05) is 36.8 Å². The van der Waals surface area contributed by atoms with Gasteiger partial charge in [0.15, 0.2) is 5.78 Å². The highest BCUT2D eigenvalue weighted by Gasteiger charge is 2.05. The molecule has 0 spiro atoms. The van der Waals surface area contributed by atoms with Gasteiger partial charge in [0.1, 0.15) is 0 Å². The van der Waals surface area contributed by atoms with Crippen LogP contribution in [-0.2, 0) is 6.42 Å². The van der Waals surface area contributed by atoms with Crippen molar-refractivity contribution in [3.05, 3.63) is 48.0 Å². The first-order valence-corrected chi connectivity index (χ1v) is 6.71. The van der Waals surface area contributed by atoms with Crippen molar-refractivity contribution in [3.63, 3.8) is 0 Å². The summed E-state index contributed by atoms with van der Waals surface area (Å²) in [5, 5.41) is 0. The van der Waals surface area contributed by atoms with Crippen LogP contribution in [0.4, 0.5) is 0 Å². The summed E-state index contributed by atoms with van der Waals surface area (Å²) in [5.41, 5.74) is 7.50. The molecule has 0 amide bonds. The Kier molecular flexibility index (Phi) is 7.04. The predicted octanol–water partition coefficient (Wildman–Crippen LogP) is 3.51. The van der Waals surface area contributed by atoms with Crippen LogP contribution in [0.3, 0.4) is 0 Å². The summed E-state index contributed by atoms with van der Waals surface area (Å²) in [6.07, 6.45) is 7.69. The second-order valence-electron chi connectivity index (χ2n) is 4.55. The number of ketones is 1. The van der Waals surface area contributed by atoms with Gasteiger partial charge >= 0.3 is 0 Å². The molecule has 0 bridgehead atoms. The number of unbranched alkanes of at least 4 members (excludes halogenated alkanes) is 3. The van der Waals surface area contributed by atoms with Crippen LogP contribution in [0.15, 0.2) is 36.9 Å². The van der Waals surface area contributed by atoms with E-state index in [1.807, 2.05) is 30.3 Å². The van der Waals surface area contributed by atoms with Gasteiger partial charge < -0.3 is 5.73 Å². The standard InChI is InChI=1S/C16H23NO/c1-2-3-4-5-6-7-16(18)15-10-8-14(9-11-15)12-13-17/h2,8-11H,1,3-7,12-13,17H2. The third-order valence-corrected chi connectivity index (χ3v) is 3.02. The maximum atomic E-state index is 11.9. The summed E-state index contributed by atoms with van der Waals surface area (Å²) in [5.74, 6) is 0.243. The number of hydrogen-bond acceptors (Lipinski definition) is 2. The van der Waals surface area contributed by atoms with E-state index in [4.69, 9.17) is 5.73 Å². The zero-order valence-corrected chi connectivity index (χ0v) is 11.0. The lowest BCUT2D eigenvalue weighted by molar-refractivity contribution is 0.0979. The molecule has 2 N–H and O–H groups in total. The van der Waals surface area contributed by atoms with Crippen molar-refractivity contribution in [1.29, 1.82) is 0 Å². The third-order valence-electron chi connectivity index (χ3n) is 3.02. The molecule has 98 valence electrons. The van der Waals surface area contributed by atoms with Crippen LogP contribution in [-0.4, -0.2) is 12.3 Å². The quantitative estimate of drug-likeness (QED) is 0.411. The number of Topliss-reactive ketones (excluding diaryl/α,β-unsaturated/α-hetero) is 1. The highest BCUT2D eigenvalue weighted by molar-refractivity contribution is 5.96. The summed E-state index contributed by atoms with van der Waals surface area (Å²) < 4.78 is 0. The van der Waals surface area contributed by atoms with E-state index < -0.39 is 0 Å². The van der Waals surface area contributed by atoms with Crippen molar-refractivity contribution in [2.45, 2.75) is 38.5 Å². The van der Waals surface area contributed by atoms with E-state index in [0.29, 0.717) is 13.0 Å². The van der Waals surface area contributed by atoms with Gasteiger partial charge in [-0.05, 0) is 37.8 Å². The molecule has 2 heteroatoms. The number of allylic oxidation sites excluding steroid dienone is 1. The normalized spacial score (nSPS) is 10.3. The predicted molar refractivity (Wildman–Crippen MR) is 76.8 cm³/mol. The molecule has 1 aromatic rings. The molecule has 2 nitrogen and oxygen atoms in total. The molecule has 0 saturated carbocycles. The minimum absolute atomic E-state index is 0.243. The average molecular weight is 245 g/mol. The minimum Gasteiger partial charge on any atom is -0.330 e. The molecular formula is C16H23NO. The van der Waals surface area contributed by atoms with Crippen LogP contribution < -0.4 is 5.73 Å². The van der Waals surface area contributed by atoms with Crippen molar-refractivity contribution >= 4 is 5.78 Å². The molecule has 1 aromatic carbocycles. The smallest absolute Gasteiger partial charge is 0.162 e. The summed E-state index contributed by atoms with van der Waals surface area (Å²) in [7, 11) is 0. The van der Waals surface area contributed by atoms with Gasteiger partial charge in [0.05, 0.1) is 0 Å². The van der Waals surface area contributed by atoms with Crippen LogP contribution in [0.5, 0.6) is 0 Å². The number of hydrogen-bond donors (Lipinski definition) is 1. The number of nitrogens with two attached hydrogens (primary N) is 1. The van der Waals surface area contributed by atoms with Crippen molar-refractivity contribution < 1.29 is 4.79 Å². The molecule has 0 atom stereocenters. The van der Waals surface area contributed by atoms with Gasteiger partial charge in [0, 0.05) is 12.0 Å². The topological polar surface area (TPSA) is 43.1 Å². The fourth-order valence-electron chi connectivity index (χ4n) is 1.92. The largest absolute Gasteiger partial charge is 0.330 e. The van der Waals surface area contributed by atoms with Crippen LogP contribution >= 0.6 is 0 Å². The second kappa shape index (κ2) is 8.65. The van der Waals surface area contributed by atoms with Crippen LogP contribution in [0.1, 0.15) is 48.0 Å². The molecule has 0 unspecified atom stereocenters. The summed E-state index contributed by atoms with van der Waals surface area (Å²) in [6, 6.07) is 7.82. The zero-order chi connectivity index (χ0) is 13.2. The fraction of sp³-hybridized carbons (Fsp3) is 0.438. The highest BCUT2D eigenvalue weighted by atomic mass is 16.1. The first-order valence-electron chi connectivity index (χ1n) is 6.71. The molecular weight excluding hydrogens is 222 g/mol. The SMILES string of the molecule is C=CCCCCCC(=O)c1ccc(CCN)cc1. The number of carbonyl (C=O) groups is 1. The maximum absolute atomic E-state index is 11.9. The lowest BCUT2D eigenvalue weighted by atomic mass is 10.0. The van der Waals surface area contributed by atoms with Gasteiger partial charge in [0.2, 0.25) is 0 Å². The second-order valence-corrected chi connectivity index (χ2v) is 4.55. The van der Waals surface area contributed by atoms with Crippen LogP contribution in [0.25, 0.3) is 0 Å². The number of rotatable bonds is 9. The zero-order valence-electron chi connectivity index (χ0n) is 11.0. The molecule has 0 aliphatic heterocycles. The maximum Gasteiger partial charge on any atom is 0.162 e. The van der Waals surface area contributed by atoms with Crippen molar-refractivity contribution in [2.24, 2.45) is 5.73 Å². The van der Waals surface area contributed by atoms with Gasteiger partial charge in [-0.25, -0.2) is 0 Å². The molecule has 0 fully saturated rings. The molecule has 0 aromatic heterocycles. The van der Waals surface area contributed by atoms with Crippen LogP contribution in [0, 0.1) is 0 Å². The van der Waals surface area contributed by atoms with E-state index in [0.717, 1.165) is 37.7 Å². The summed E-state index contributed by atoms with van der Waals surface area (Å²) in [6.45, 7) is 4.34. The Morgan fingerprint density at radius 3 is 2.50 bits per heavy atom. The van der Waals surface area contributed by atoms with Crippen LogP contribution in [0.2, 0.25) is 0 Å². The Hall–Kier alpha value is -1.41. The van der Waals surface area contributed by atoms with Gasteiger partial charge in [-0.2, -0.15) is 0 Å². The molecule has 18 heavy (non-hydrogen) atoms. The lowest BCUT2D eigenvalue weighted by Crippen LogP contribution is -2.03. The molecule has 0 aliphatic carbocycles. The number of benzene rings is 1. The van der Waals surface area contributed by atoms with E-state index in [1.165, 1.54) is 5.56 Å². The van der Waals surface area contributed by atoms with E-state index in [-0.39, 0.29) is 5.78 Å². The Balaban J connectivity index is 2.34. The first-order chi connectivity index (χ1) is 8.77. The summed E-state index contributed by atoms with van der Waals surface area (Å²) in [4.78, 5) is 11.9.